The summed E-state index contributed by atoms with van der Waals surface area (Å²) in [5.41, 5.74) is 7.01. The molecule has 1 aliphatic heterocycles. The summed E-state index contributed by atoms with van der Waals surface area (Å²) in [6.45, 7) is 5.38. The molecule has 0 atom stereocenters. The number of carbonyl (C=O) groups excluding carboxylic acids is 1. The zero-order chi connectivity index (χ0) is 20.4. The first kappa shape index (κ1) is 25.2. The molecule has 1 aliphatic rings. The van der Waals surface area contributed by atoms with Crippen molar-refractivity contribution in [2.24, 2.45) is 10.7 Å². The Kier molecular flexibility index (Phi) is 11.7. The van der Waals surface area contributed by atoms with Gasteiger partial charge in [0.1, 0.15) is 6.61 Å². The van der Waals surface area contributed by atoms with Gasteiger partial charge in [-0.1, -0.05) is 0 Å². The summed E-state index contributed by atoms with van der Waals surface area (Å²) in [5, 5.41) is 3.24. The van der Waals surface area contributed by atoms with Crippen LogP contribution in [0.4, 0.5) is 4.79 Å². The van der Waals surface area contributed by atoms with Crippen molar-refractivity contribution in [1.29, 1.82) is 0 Å². The van der Waals surface area contributed by atoms with Crippen LogP contribution in [0.25, 0.3) is 0 Å². The third-order valence-corrected chi connectivity index (χ3v) is 4.39. The lowest BCUT2D eigenvalue weighted by Gasteiger charge is -2.31. The molecule has 3 N–H and O–H groups in total. The van der Waals surface area contributed by atoms with Crippen LogP contribution in [0, 0.1) is 0 Å². The van der Waals surface area contributed by atoms with Crippen LogP contribution in [0.5, 0.6) is 5.88 Å². The maximum absolute atomic E-state index is 11.7. The van der Waals surface area contributed by atoms with E-state index in [-0.39, 0.29) is 36.1 Å². The average molecular weight is 520 g/mol. The van der Waals surface area contributed by atoms with E-state index >= 15 is 0 Å². The van der Waals surface area contributed by atoms with E-state index in [1.165, 1.54) is 0 Å². The Bertz CT molecular complexity index is 651. The van der Waals surface area contributed by atoms with Crippen LogP contribution in [0.15, 0.2) is 23.3 Å². The first-order chi connectivity index (χ1) is 13.5. The quantitative estimate of drug-likeness (QED) is 0.305. The molecule has 0 unspecified atom stereocenters. The molecule has 0 aromatic carbocycles. The number of nitrogens with one attached hydrogen (secondary N) is 1. The molecule has 1 aromatic rings. The molecule has 1 amide bonds. The van der Waals surface area contributed by atoms with Gasteiger partial charge >= 0.3 is 6.09 Å². The maximum Gasteiger partial charge on any atom is 0.409 e. The van der Waals surface area contributed by atoms with Crippen LogP contribution in [-0.2, 0) is 11.3 Å². The SMILES string of the molecule is CCOC(=O)N1CCC(NC(N)=NCc2ccnc(OCCN(C)C)c2)CC1.I. The number of aromatic nitrogens is 1. The van der Waals surface area contributed by atoms with Gasteiger partial charge in [-0.25, -0.2) is 14.8 Å². The van der Waals surface area contributed by atoms with E-state index in [0.29, 0.717) is 44.7 Å². The van der Waals surface area contributed by atoms with Crippen LogP contribution in [-0.4, -0.2) is 79.8 Å². The van der Waals surface area contributed by atoms with Gasteiger partial charge < -0.3 is 30.3 Å². The molecule has 10 heteroatoms. The number of hydrogen-bond acceptors (Lipinski definition) is 6. The van der Waals surface area contributed by atoms with Crippen LogP contribution < -0.4 is 15.8 Å². The highest BCUT2D eigenvalue weighted by molar-refractivity contribution is 14.0. The molecule has 1 fully saturated rings. The van der Waals surface area contributed by atoms with Gasteiger partial charge in [0, 0.05) is 37.9 Å². The van der Waals surface area contributed by atoms with Crippen molar-refractivity contribution >= 4 is 36.0 Å². The second-order valence-electron chi connectivity index (χ2n) is 6.96. The van der Waals surface area contributed by atoms with Crippen LogP contribution in [0.3, 0.4) is 0 Å². The molecular weight excluding hydrogens is 487 g/mol. The molecule has 1 saturated heterocycles. The van der Waals surface area contributed by atoms with Gasteiger partial charge in [0.05, 0.1) is 13.2 Å². The van der Waals surface area contributed by atoms with E-state index < -0.39 is 0 Å². The number of aliphatic imine (C=N–C) groups is 1. The molecule has 2 rings (SSSR count). The van der Waals surface area contributed by atoms with Crippen LogP contribution in [0.1, 0.15) is 25.3 Å². The molecule has 9 nitrogen and oxygen atoms in total. The first-order valence-electron chi connectivity index (χ1n) is 9.68. The maximum atomic E-state index is 11.7. The van der Waals surface area contributed by atoms with Crippen molar-refractivity contribution in [3.8, 4) is 5.88 Å². The van der Waals surface area contributed by atoms with Gasteiger partial charge in [-0.15, -0.1) is 24.0 Å². The zero-order valence-corrected chi connectivity index (χ0v) is 19.8. The number of nitrogens with two attached hydrogens (primary N) is 1. The number of carbonyl (C=O) groups is 1. The van der Waals surface area contributed by atoms with Crippen molar-refractivity contribution < 1.29 is 14.3 Å². The summed E-state index contributed by atoms with van der Waals surface area (Å²) in [5.74, 6) is 0.994. The lowest BCUT2D eigenvalue weighted by Crippen LogP contribution is -2.48. The minimum Gasteiger partial charge on any atom is -0.476 e. The Labute approximate surface area is 190 Å². The Hall–Kier alpha value is -1.82. The van der Waals surface area contributed by atoms with Gasteiger partial charge in [0.25, 0.3) is 0 Å². The number of rotatable bonds is 8. The Morgan fingerprint density at radius 1 is 1.41 bits per heavy atom. The second kappa shape index (κ2) is 13.4. The van der Waals surface area contributed by atoms with Gasteiger partial charge in [-0.3, -0.25) is 0 Å². The van der Waals surface area contributed by atoms with Crippen LogP contribution in [0.2, 0.25) is 0 Å². The summed E-state index contributed by atoms with van der Waals surface area (Å²) >= 11 is 0. The number of nitrogens with zero attached hydrogens (tertiary/aromatic N) is 4. The first-order valence-corrected chi connectivity index (χ1v) is 9.68. The largest absolute Gasteiger partial charge is 0.476 e. The van der Waals surface area contributed by atoms with E-state index in [2.05, 4.69) is 20.2 Å². The molecule has 0 aliphatic carbocycles. The number of hydrogen-bond donors (Lipinski definition) is 2. The Balaban J connectivity index is 0.00000420. The highest BCUT2D eigenvalue weighted by atomic mass is 127. The van der Waals surface area contributed by atoms with Gasteiger partial charge in [0.15, 0.2) is 5.96 Å². The summed E-state index contributed by atoms with van der Waals surface area (Å²) in [6, 6.07) is 3.98. The number of amides is 1. The molecular formula is C19H33IN6O3. The fourth-order valence-electron chi connectivity index (χ4n) is 2.81. The number of pyridine rings is 1. The minimum absolute atomic E-state index is 0. The molecule has 0 radical (unpaired) electrons. The van der Waals surface area contributed by atoms with Crippen molar-refractivity contribution in [2.75, 3.05) is 46.9 Å². The average Bonchev–Trinajstić information content (AvgIpc) is 2.67. The molecule has 2 heterocycles. The van der Waals surface area contributed by atoms with Crippen molar-refractivity contribution in [1.82, 2.24) is 20.1 Å². The van der Waals surface area contributed by atoms with Gasteiger partial charge in [-0.05, 0) is 45.5 Å². The van der Waals surface area contributed by atoms with Crippen molar-refractivity contribution in [3.05, 3.63) is 23.9 Å². The van der Waals surface area contributed by atoms with Crippen molar-refractivity contribution in [2.45, 2.75) is 32.4 Å². The summed E-state index contributed by atoms with van der Waals surface area (Å²) in [4.78, 5) is 24.1. The Morgan fingerprint density at radius 3 is 2.79 bits per heavy atom. The highest BCUT2D eigenvalue weighted by Crippen LogP contribution is 2.12. The summed E-state index contributed by atoms with van der Waals surface area (Å²) in [6.07, 6.45) is 3.09. The normalized spacial score (nSPS) is 15.0. The smallest absolute Gasteiger partial charge is 0.409 e. The van der Waals surface area contributed by atoms with E-state index in [9.17, 15) is 4.79 Å². The van der Waals surface area contributed by atoms with Crippen molar-refractivity contribution in [3.63, 3.8) is 0 Å². The number of likely N-dealkylation sites (tertiary alicyclic amines) is 1. The predicted octanol–water partition coefficient (Wildman–Crippen LogP) is 1.67. The molecule has 1 aromatic heterocycles. The lowest BCUT2D eigenvalue weighted by atomic mass is 10.1. The predicted molar refractivity (Wildman–Crippen MR) is 124 cm³/mol. The fourth-order valence-corrected chi connectivity index (χ4v) is 2.81. The monoisotopic (exact) mass is 520 g/mol. The highest BCUT2D eigenvalue weighted by Gasteiger charge is 2.23. The number of likely N-dealkylation sites (N-methyl/N-ethyl adjacent to an activating group) is 1. The van der Waals surface area contributed by atoms with Crippen LogP contribution >= 0.6 is 24.0 Å². The van der Waals surface area contributed by atoms with Gasteiger partial charge in [-0.2, -0.15) is 0 Å². The zero-order valence-electron chi connectivity index (χ0n) is 17.5. The van der Waals surface area contributed by atoms with Gasteiger partial charge in [0.2, 0.25) is 5.88 Å². The number of piperidine rings is 1. The molecule has 164 valence electrons. The molecule has 0 bridgehead atoms. The standard InChI is InChI=1S/C19H32N6O3.HI/c1-4-27-19(26)25-9-6-16(7-10-25)23-18(20)22-14-15-5-8-21-17(13-15)28-12-11-24(2)3;/h5,8,13,16H,4,6-7,9-12,14H2,1-3H3,(H3,20,22,23);1H. The van der Waals surface area contributed by atoms with E-state index in [0.717, 1.165) is 24.9 Å². The van der Waals surface area contributed by atoms with E-state index in [1.807, 2.05) is 33.2 Å². The number of halogens is 1. The number of guanidine groups is 1. The number of ether oxygens (including phenoxy) is 2. The third-order valence-electron chi connectivity index (χ3n) is 4.39. The molecule has 29 heavy (non-hydrogen) atoms. The lowest BCUT2D eigenvalue weighted by molar-refractivity contribution is 0.0963. The fraction of sp³-hybridized carbons (Fsp3) is 0.632. The summed E-state index contributed by atoms with van der Waals surface area (Å²) < 4.78 is 10.7. The minimum atomic E-state index is -0.246. The third kappa shape index (κ3) is 9.48. The Morgan fingerprint density at radius 2 is 2.14 bits per heavy atom. The topological polar surface area (TPSA) is 105 Å². The second-order valence-corrected chi connectivity index (χ2v) is 6.96. The molecule has 0 saturated carbocycles. The van der Waals surface area contributed by atoms with E-state index in [4.69, 9.17) is 15.2 Å². The summed E-state index contributed by atoms with van der Waals surface area (Å²) in [7, 11) is 4.00. The molecule has 0 spiro atoms. The van der Waals surface area contributed by atoms with E-state index in [1.54, 1.807) is 11.1 Å².